The molecule has 0 aliphatic heterocycles. The van der Waals surface area contributed by atoms with E-state index >= 15 is 0 Å². The van der Waals surface area contributed by atoms with Crippen molar-refractivity contribution in [2.24, 2.45) is 0 Å². The smallest absolute Gasteiger partial charge is 0.137 e. The van der Waals surface area contributed by atoms with E-state index in [1.165, 1.54) is 23.4 Å². The van der Waals surface area contributed by atoms with E-state index in [1.807, 2.05) is 6.07 Å². The van der Waals surface area contributed by atoms with Gasteiger partial charge in [-0.15, -0.1) is 0 Å². The summed E-state index contributed by atoms with van der Waals surface area (Å²) in [4.78, 5) is 8.50. The van der Waals surface area contributed by atoms with Crippen LogP contribution < -0.4 is 0 Å². The fraction of sp³-hybridized carbons (Fsp3) is 0.190. The molecule has 0 saturated carbocycles. The molecule has 0 fully saturated rings. The van der Waals surface area contributed by atoms with E-state index in [0.717, 1.165) is 17.5 Å². The molecule has 4 rings (SSSR count). The lowest BCUT2D eigenvalue weighted by Crippen LogP contribution is -2.38. The Hall–Kier alpha value is -2.90. The number of rotatable bonds is 5. The summed E-state index contributed by atoms with van der Waals surface area (Å²) in [5, 5.41) is 17.1. The quantitative estimate of drug-likeness (QED) is 0.524. The van der Waals surface area contributed by atoms with Crippen molar-refractivity contribution in [1.29, 1.82) is 0 Å². The highest BCUT2D eigenvalue weighted by Gasteiger charge is 2.40. The normalized spacial score (nSPS) is 14.7. The first-order valence-corrected chi connectivity index (χ1v) is 9.31. The molecule has 29 heavy (non-hydrogen) atoms. The molecule has 8 heteroatoms. The maximum absolute atomic E-state index is 14.7. The summed E-state index contributed by atoms with van der Waals surface area (Å²) in [7, 11) is 0. The summed E-state index contributed by atoms with van der Waals surface area (Å²) in [6.07, 6.45) is 2.75. The molecule has 5 nitrogen and oxygen atoms in total. The van der Waals surface area contributed by atoms with Crippen LogP contribution in [-0.2, 0) is 12.1 Å². The van der Waals surface area contributed by atoms with E-state index in [0.29, 0.717) is 16.2 Å². The summed E-state index contributed by atoms with van der Waals surface area (Å²) in [5.41, 5.74) is -0.550. The molecule has 2 aromatic heterocycles. The lowest BCUT2D eigenvalue weighted by molar-refractivity contribution is -0.0122. The minimum absolute atomic E-state index is 0.0418. The Kier molecular flexibility index (Phi) is 5.02. The second kappa shape index (κ2) is 7.50. The molecule has 0 saturated heterocycles. The standard InChI is InChI=1S/C21H17ClF2N4O/c1-13(19-6-2-14-8-15(22)3-7-20(14)27-19)21(29,10-28-12-25-11-26-28)17-5-4-16(23)9-18(17)24/h2-9,11-13,29H,10H2,1H3. The zero-order valence-electron chi connectivity index (χ0n) is 15.4. The van der Waals surface area contributed by atoms with E-state index in [4.69, 9.17) is 11.6 Å². The predicted molar refractivity (Wildman–Crippen MR) is 105 cm³/mol. The van der Waals surface area contributed by atoms with E-state index in [1.54, 1.807) is 31.2 Å². The van der Waals surface area contributed by atoms with E-state index in [9.17, 15) is 13.9 Å². The van der Waals surface area contributed by atoms with Gasteiger partial charge >= 0.3 is 0 Å². The van der Waals surface area contributed by atoms with E-state index < -0.39 is 23.2 Å². The zero-order chi connectivity index (χ0) is 20.6. The summed E-state index contributed by atoms with van der Waals surface area (Å²) < 4.78 is 29.5. The van der Waals surface area contributed by atoms with Crippen LogP contribution in [0.2, 0.25) is 5.02 Å². The molecule has 2 unspecified atom stereocenters. The number of nitrogens with zero attached hydrogens (tertiary/aromatic N) is 4. The molecule has 2 atom stereocenters. The van der Waals surface area contributed by atoms with Gasteiger partial charge < -0.3 is 5.11 Å². The first kappa shape index (κ1) is 19.4. The van der Waals surface area contributed by atoms with Gasteiger partial charge in [-0.25, -0.2) is 18.4 Å². The molecular formula is C21H17ClF2N4O. The van der Waals surface area contributed by atoms with Crippen molar-refractivity contribution in [3.63, 3.8) is 0 Å². The second-order valence-electron chi connectivity index (χ2n) is 6.94. The number of aliphatic hydroxyl groups is 1. The lowest BCUT2D eigenvalue weighted by atomic mass is 9.79. The lowest BCUT2D eigenvalue weighted by Gasteiger charge is -2.34. The maximum Gasteiger partial charge on any atom is 0.137 e. The van der Waals surface area contributed by atoms with Crippen LogP contribution in [0.15, 0.2) is 61.2 Å². The molecule has 0 aliphatic carbocycles. The Morgan fingerprint density at radius 2 is 1.97 bits per heavy atom. The van der Waals surface area contributed by atoms with Gasteiger partial charge in [-0.05, 0) is 30.3 Å². The Labute approximate surface area is 170 Å². The summed E-state index contributed by atoms with van der Waals surface area (Å²) >= 11 is 6.03. The van der Waals surface area contributed by atoms with Crippen molar-refractivity contribution in [2.45, 2.75) is 25.0 Å². The Morgan fingerprint density at radius 1 is 1.14 bits per heavy atom. The third-order valence-electron chi connectivity index (χ3n) is 5.10. The van der Waals surface area contributed by atoms with Crippen molar-refractivity contribution < 1.29 is 13.9 Å². The number of pyridine rings is 1. The van der Waals surface area contributed by atoms with Gasteiger partial charge in [-0.3, -0.25) is 4.98 Å². The van der Waals surface area contributed by atoms with Crippen molar-refractivity contribution >= 4 is 22.5 Å². The average Bonchev–Trinajstić information content (AvgIpc) is 3.19. The number of fused-ring (bicyclic) bond motifs is 1. The number of benzene rings is 2. The molecule has 0 spiro atoms. The van der Waals surface area contributed by atoms with Crippen LogP contribution in [-0.4, -0.2) is 24.9 Å². The van der Waals surface area contributed by atoms with Gasteiger partial charge in [0.1, 0.15) is 29.9 Å². The molecule has 0 amide bonds. The number of aromatic nitrogens is 4. The van der Waals surface area contributed by atoms with Crippen molar-refractivity contribution in [2.75, 3.05) is 0 Å². The largest absolute Gasteiger partial charge is 0.382 e. The fourth-order valence-corrected chi connectivity index (χ4v) is 3.64. The van der Waals surface area contributed by atoms with Gasteiger partial charge in [0.2, 0.25) is 0 Å². The Balaban J connectivity index is 1.82. The predicted octanol–water partition coefficient (Wildman–Crippen LogP) is 4.45. The zero-order valence-corrected chi connectivity index (χ0v) is 16.2. The van der Waals surface area contributed by atoms with Crippen LogP contribution in [0.3, 0.4) is 0 Å². The number of hydrogen-bond donors (Lipinski definition) is 1. The minimum atomic E-state index is -1.75. The molecule has 4 aromatic rings. The Bertz CT molecular complexity index is 1170. The monoisotopic (exact) mass is 414 g/mol. The molecule has 2 heterocycles. The molecule has 0 aliphatic rings. The molecule has 148 valence electrons. The van der Waals surface area contributed by atoms with Crippen LogP contribution in [0.5, 0.6) is 0 Å². The van der Waals surface area contributed by atoms with Crippen LogP contribution >= 0.6 is 11.6 Å². The summed E-state index contributed by atoms with van der Waals surface area (Å²) in [6, 6.07) is 12.0. The number of hydrogen-bond acceptors (Lipinski definition) is 4. The molecule has 2 aromatic carbocycles. The van der Waals surface area contributed by atoms with Crippen molar-refractivity contribution in [3.05, 3.63) is 89.1 Å². The topological polar surface area (TPSA) is 63.8 Å². The number of halogens is 3. The van der Waals surface area contributed by atoms with Crippen LogP contribution in [0.1, 0.15) is 24.1 Å². The van der Waals surface area contributed by atoms with Gasteiger partial charge in [0.05, 0.1) is 12.1 Å². The highest BCUT2D eigenvalue weighted by molar-refractivity contribution is 6.31. The van der Waals surface area contributed by atoms with Gasteiger partial charge in [0.25, 0.3) is 0 Å². The maximum atomic E-state index is 14.7. The molecule has 1 N–H and O–H groups in total. The van der Waals surface area contributed by atoms with Crippen LogP contribution in [0, 0.1) is 11.6 Å². The SMILES string of the molecule is CC(c1ccc2cc(Cl)ccc2n1)C(O)(Cn1cncn1)c1ccc(F)cc1F. The van der Waals surface area contributed by atoms with E-state index in [2.05, 4.69) is 15.1 Å². The molecular weight excluding hydrogens is 398 g/mol. The highest BCUT2D eigenvalue weighted by atomic mass is 35.5. The average molecular weight is 415 g/mol. The first-order chi connectivity index (χ1) is 13.9. The van der Waals surface area contributed by atoms with Gasteiger partial charge in [-0.1, -0.05) is 30.7 Å². The third kappa shape index (κ3) is 3.71. The van der Waals surface area contributed by atoms with Gasteiger partial charge in [0, 0.05) is 33.7 Å². The Morgan fingerprint density at radius 3 is 2.69 bits per heavy atom. The minimum Gasteiger partial charge on any atom is -0.382 e. The van der Waals surface area contributed by atoms with Gasteiger partial charge in [0.15, 0.2) is 0 Å². The second-order valence-corrected chi connectivity index (χ2v) is 7.37. The van der Waals surface area contributed by atoms with Crippen LogP contribution in [0.4, 0.5) is 8.78 Å². The molecule has 0 bridgehead atoms. The first-order valence-electron chi connectivity index (χ1n) is 8.93. The van der Waals surface area contributed by atoms with E-state index in [-0.39, 0.29) is 12.1 Å². The fourth-order valence-electron chi connectivity index (χ4n) is 3.46. The van der Waals surface area contributed by atoms with Crippen molar-refractivity contribution in [1.82, 2.24) is 19.7 Å². The summed E-state index contributed by atoms with van der Waals surface area (Å²) in [5.74, 6) is -2.21. The van der Waals surface area contributed by atoms with Crippen molar-refractivity contribution in [3.8, 4) is 0 Å². The molecule has 0 radical (unpaired) electrons. The van der Waals surface area contributed by atoms with Gasteiger partial charge in [-0.2, -0.15) is 5.10 Å². The third-order valence-corrected chi connectivity index (χ3v) is 5.34. The summed E-state index contributed by atoms with van der Waals surface area (Å²) in [6.45, 7) is 1.65. The highest BCUT2D eigenvalue weighted by Crippen LogP contribution is 2.39. The van der Waals surface area contributed by atoms with Crippen LogP contribution in [0.25, 0.3) is 10.9 Å².